The molecule has 2 aromatic carbocycles. The van der Waals surface area contributed by atoms with Gasteiger partial charge in [-0.1, -0.05) is 53.6 Å². The second kappa shape index (κ2) is 8.66. The predicted octanol–water partition coefficient (Wildman–Crippen LogP) is 5.39. The fourth-order valence-electron chi connectivity index (χ4n) is 3.52. The van der Waals surface area contributed by atoms with Gasteiger partial charge in [-0.05, 0) is 37.3 Å². The Morgan fingerprint density at radius 2 is 1.72 bits per heavy atom. The molecule has 1 saturated heterocycles. The summed E-state index contributed by atoms with van der Waals surface area (Å²) >= 11 is 6.28. The van der Waals surface area contributed by atoms with E-state index in [0.717, 1.165) is 24.2 Å². The van der Waals surface area contributed by atoms with Gasteiger partial charge in [-0.25, -0.2) is 4.98 Å². The van der Waals surface area contributed by atoms with Crippen LogP contribution >= 0.6 is 11.6 Å². The van der Waals surface area contributed by atoms with Gasteiger partial charge in [0.2, 0.25) is 0 Å². The van der Waals surface area contributed by atoms with Crippen molar-refractivity contribution in [2.75, 3.05) is 13.1 Å². The number of likely N-dealkylation sites (tertiary alicyclic amines) is 1. The van der Waals surface area contributed by atoms with Crippen LogP contribution in [-0.4, -0.2) is 35.0 Å². The highest BCUT2D eigenvalue weighted by molar-refractivity contribution is 6.33. The van der Waals surface area contributed by atoms with E-state index in [1.165, 1.54) is 5.56 Å². The van der Waals surface area contributed by atoms with Gasteiger partial charge in [-0.15, -0.1) is 0 Å². The summed E-state index contributed by atoms with van der Waals surface area (Å²) in [4.78, 5) is 19.4. The Hall–Kier alpha value is -2.85. The van der Waals surface area contributed by atoms with E-state index in [4.69, 9.17) is 16.3 Å². The van der Waals surface area contributed by atoms with E-state index in [0.29, 0.717) is 29.5 Å². The minimum absolute atomic E-state index is 0.0484. The van der Waals surface area contributed by atoms with Gasteiger partial charge in [0.05, 0.1) is 5.69 Å². The lowest BCUT2D eigenvalue weighted by Crippen LogP contribution is -2.42. The maximum Gasteiger partial charge on any atom is 0.272 e. The monoisotopic (exact) mass is 406 g/mol. The van der Waals surface area contributed by atoms with Crippen molar-refractivity contribution in [2.45, 2.75) is 25.9 Å². The Balaban J connectivity index is 1.40. The summed E-state index contributed by atoms with van der Waals surface area (Å²) in [5.41, 5.74) is 3.19. The van der Waals surface area contributed by atoms with Crippen LogP contribution in [0.4, 0.5) is 0 Å². The van der Waals surface area contributed by atoms with Gasteiger partial charge in [-0.2, -0.15) is 0 Å². The molecule has 0 saturated carbocycles. The number of rotatable bonds is 4. The number of halogens is 1. The van der Waals surface area contributed by atoms with Crippen molar-refractivity contribution in [1.82, 2.24) is 9.88 Å². The van der Waals surface area contributed by atoms with Gasteiger partial charge in [0.1, 0.15) is 17.5 Å². The summed E-state index contributed by atoms with van der Waals surface area (Å²) in [7, 11) is 0. The number of carbonyl (C=O) groups excluding carboxylic acids is 1. The maximum absolute atomic E-state index is 13.0. The topological polar surface area (TPSA) is 42.4 Å². The van der Waals surface area contributed by atoms with Gasteiger partial charge in [0.15, 0.2) is 0 Å². The Bertz CT molecular complexity index is 996. The van der Waals surface area contributed by atoms with Crippen LogP contribution in [-0.2, 0) is 0 Å². The second-order valence-corrected chi connectivity index (χ2v) is 7.72. The zero-order chi connectivity index (χ0) is 20.2. The number of aryl methyl sites for hydroxylation is 1. The van der Waals surface area contributed by atoms with Crippen molar-refractivity contribution in [3.63, 3.8) is 0 Å². The molecule has 0 spiro atoms. The molecular weight excluding hydrogens is 384 g/mol. The first kappa shape index (κ1) is 19.5. The summed E-state index contributed by atoms with van der Waals surface area (Å²) in [6.45, 7) is 3.38. The first-order valence-electron chi connectivity index (χ1n) is 9.85. The fourth-order valence-corrected chi connectivity index (χ4v) is 3.75. The van der Waals surface area contributed by atoms with E-state index in [9.17, 15) is 4.79 Å². The molecule has 29 heavy (non-hydrogen) atoms. The number of ether oxygens (including phenoxy) is 1. The normalized spacial score (nSPS) is 14.6. The lowest BCUT2D eigenvalue weighted by molar-refractivity contribution is 0.0590. The molecule has 0 radical (unpaired) electrons. The third kappa shape index (κ3) is 4.60. The second-order valence-electron chi connectivity index (χ2n) is 7.31. The van der Waals surface area contributed by atoms with Crippen molar-refractivity contribution in [1.29, 1.82) is 0 Å². The third-order valence-corrected chi connectivity index (χ3v) is 5.50. The summed E-state index contributed by atoms with van der Waals surface area (Å²) in [6, 6.07) is 21.1. The molecule has 4 rings (SSSR count). The Kier molecular flexibility index (Phi) is 5.81. The number of carbonyl (C=O) groups is 1. The molecule has 1 amide bonds. The van der Waals surface area contributed by atoms with E-state index in [2.05, 4.69) is 11.9 Å². The van der Waals surface area contributed by atoms with Crippen molar-refractivity contribution < 1.29 is 9.53 Å². The van der Waals surface area contributed by atoms with E-state index in [-0.39, 0.29) is 12.0 Å². The van der Waals surface area contributed by atoms with Gasteiger partial charge in [0.25, 0.3) is 5.91 Å². The average Bonchev–Trinajstić information content (AvgIpc) is 2.76. The zero-order valence-electron chi connectivity index (χ0n) is 16.3. The number of benzene rings is 2. The fraction of sp³-hybridized carbons (Fsp3) is 0.250. The minimum atomic E-state index is -0.0484. The Morgan fingerprint density at radius 3 is 2.45 bits per heavy atom. The Morgan fingerprint density at radius 1 is 1.00 bits per heavy atom. The van der Waals surface area contributed by atoms with Crippen molar-refractivity contribution >= 4 is 17.5 Å². The van der Waals surface area contributed by atoms with Crippen molar-refractivity contribution in [3.8, 4) is 17.0 Å². The Labute approximate surface area is 176 Å². The molecular formula is C24H23ClN2O2. The van der Waals surface area contributed by atoms with Crippen LogP contribution < -0.4 is 4.74 Å². The highest BCUT2D eigenvalue weighted by Gasteiger charge is 2.25. The van der Waals surface area contributed by atoms with E-state index in [1.54, 1.807) is 6.07 Å². The van der Waals surface area contributed by atoms with Crippen LogP contribution in [0.15, 0.2) is 66.7 Å². The largest absolute Gasteiger partial charge is 0.490 e. The quantitative estimate of drug-likeness (QED) is 0.583. The molecule has 1 aliphatic heterocycles. The van der Waals surface area contributed by atoms with Gasteiger partial charge >= 0.3 is 0 Å². The SMILES string of the molecule is Cc1ccc(OC2CCN(C(=O)c3cccc(-c4ccccc4Cl)n3)CC2)cc1. The van der Waals surface area contributed by atoms with Crippen LogP contribution in [0.1, 0.15) is 28.9 Å². The molecule has 3 aromatic rings. The maximum atomic E-state index is 13.0. The van der Waals surface area contributed by atoms with Crippen LogP contribution in [0.2, 0.25) is 5.02 Å². The molecule has 4 nitrogen and oxygen atoms in total. The molecule has 0 atom stereocenters. The summed E-state index contributed by atoms with van der Waals surface area (Å²) in [5, 5.41) is 0.624. The molecule has 148 valence electrons. The summed E-state index contributed by atoms with van der Waals surface area (Å²) in [5.74, 6) is 0.835. The average molecular weight is 407 g/mol. The van der Waals surface area contributed by atoms with Gasteiger partial charge < -0.3 is 9.64 Å². The van der Waals surface area contributed by atoms with Crippen LogP contribution in [0.3, 0.4) is 0 Å². The first-order chi connectivity index (χ1) is 14.1. The molecule has 1 fully saturated rings. The molecule has 0 bridgehead atoms. The van der Waals surface area contributed by atoms with Crippen LogP contribution in [0, 0.1) is 6.92 Å². The highest BCUT2D eigenvalue weighted by atomic mass is 35.5. The molecule has 1 aliphatic rings. The van der Waals surface area contributed by atoms with E-state index >= 15 is 0 Å². The summed E-state index contributed by atoms with van der Waals surface area (Å²) in [6.07, 6.45) is 1.75. The highest BCUT2D eigenvalue weighted by Crippen LogP contribution is 2.26. The smallest absolute Gasteiger partial charge is 0.272 e. The molecule has 0 unspecified atom stereocenters. The number of hydrogen-bond donors (Lipinski definition) is 0. The standard InChI is InChI=1S/C24H23ClN2O2/c1-17-9-11-18(12-10-17)29-19-13-15-27(16-14-19)24(28)23-8-4-7-22(26-23)20-5-2-3-6-21(20)25/h2-12,19H,13-16H2,1H3. The molecule has 0 aliphatic carbocycles. The molecule has 1 aromatic heterocycles. The number of amides is 1. The lowest BCUT2D eigenvalue weighted by Gasteiger charge is -2.32. The number of nitrogens with zero attached hydrogens (tertiary/aromatic N) is 2. The first-order valence-corrected chi connectivity index (χ1v) is 10.2. The molecule has 5 heteroatoms. The number of aromatic nitrogens is 1. The van der Waals surface area contributed by atoms with Crippen molar-refractivity contribution in [3.05, 3.63) is 83.0 Å². The minimum Gasteiger partial charge on any atom is -0.490 e. The number of pyridine rings is 1. The number of piperidine rings is 1. The predicted molar refractivity (Wildman–Crippen MR) is 115 cm³/mol. The molecule has 0 N–H and O–H groups in total. The van der Waals surface area contributed by atoms with Gasteiger partial charge in [-0.3, -0.25) is 4.79 Å². The number of hydrogen-bond acceptors (Lipinski definition) is 3. The lowest BCUT2D eigenvalue weighted by atomic mass is 10.1. The van der Waals surface area contributed by atoms with E-state index in [1.807, 2.05) is 65.6 Å². The third-order valence-electron chi connectivity index (χ3n) is 5.17. The van der Waals surface area contributed by atoms with Crippen molar-refractivity contribution in [2.24, 2.45) is 0 Å². The summed E-state index contributed by atoms with van der Waals surface area (Å²) < 4.78 is 6.07. The van der Waals surface area contributed by atoms with Gasteiger partial charge in [0, 0.05) is 36.5 Å². The van der Waals surface area contributed by atoms with Crippen LogP contribution in [0.5, 0.6) is 5.75 Å². The molecule has 2 heterocycles. The van der Waals surface area contributed by atoms with E-state index < -0.39 is 0 Å². The van der Waals surface area contributed by atoms with Crippen LogP contribution in [0.25, 0.3) is 11.3 Å². The zero-order valence-corrected chi connectivity index (χ0v) is 17.1.